The van der Waals surface area contributed by atoms with Crippen LogP contribution in [0.5, 0.6) is 11.5 Å². The third kappa shape index (κ3) is 4.44. The lowest BCUT2D eigenvalue weighted by Crippen LogP contribution is -2.46. The molecular weight excluding hydrogens is 316 g/mol. The lowest BCUT2D eigenvalue weighted by atomic mass is 9.94. The van der Waals surface area contributed by atoms with Crippen molar-refractivity contribution < 1.29 is 14.3 Å². The van der Waals surface area contributed by atoms with Crippen molar-refractivity contribution in [3.63, 3.8) is 0 Å². The smallest absolute Gasteiger partial charge is 0.315 e. The number of ether oxygens (including phenoxy) is 2. The van der Waals surface area contributed by atoms with Crippen LogP contribution in [0.4, 0.5) is 4.79 Å². The lowest BCUT2D eigenvalue weighted by molar-refractivity contribution is 0.171. The predicted octanol–water partition coefficient (Wildman–Crippen LogP) is 3.23. The highest BCUT2D eigenvalue weighted by Gasteiger charge is 2.25. The molecule has 0 radical (unpaired) electrons. The van der Waals surface area contributed by atoms with Crippen LogP contribution in [-0.4, -0.2) is 25.8 Å². The zero-order valence-corrected chi connectivity index (χ0v) is 14.7. The van der Waals surface area contributed by atoms with Gasteiger partial charge in [-0.25, -0.2) is 4.79 Å². The van der Waals surface area contributed by atoms with E-state index in [0.29, 0.717) is 19.8 Å². The van der Waals surface area contributed by atoms with Gasteiger partial charge in [0.05, 0.1) is 5.54 Å². The van der Waals surface area contributed by atoms with Crippen LogP contribution >= 0.6 is 0 Å². The van der Waals surface area contributed by atoms with Crippen molar-refractivity contribution >= 4 is 6.03 Å². The summed E-state index contributed by atoms with van der Waals surface area (Å²) in [4.78, 5) is 12.2. The number of amides is 2. The van der Waals surface area contributed by atoms with Gasteiger partial charge >= 0.3 is 6.03 Å². The van der Waals surface area contributed by atoms with E-state index in [1.54, 1.807) is 0 Å². The Morgan fingerprint density at radius 1 is 1.04 bits per heavy atom. The predicted molar refractivity (Wildman–Crippen MR) is 97.1 cm³/mol. The maximum Gasteiger partial charge on any atom is 0.315 e. The van der Waals surface area contributed by atoms with Crippen molar-refractivity contribution in [3.05, 3.63) is 59.7 Å². The molecule has 3 rings (SSSR count). The fourth-order valence-electron chi connectivity index (χ4n) is 2.80. The first-order valence-corrected chi connectivity index (χ1v) is 8.55. The minimum atomic E-state index is -0.521. The van der Waals surface area contributed by atoms with Gasteiger partial charge in [0, 0.05) is 6.54 Å². The van der Waals surface area contributed by atoms with E-state index in [0.717, 1.165) is 23.5 Å². The largest absolute Gasteiger partial charge is 0.486 e. The van der Waals surface area contributed by atoms with E-state index in [4.69, 9.17) is 9.47 Å². The molecule has 0 saturated heterocycles. The molecule has 1 heterocycles. The molecule has 2 aromatic rings. The Balaban J connectivity index is 1.56. The molecule has 1 aliphatic rings. The van der Waals surface area contributed by atoms with Crippen molar-refractivity contribution in [2.75, 3.05) is 19.8 Å². The van der Waals surface area contributed by atoms with Gasteiger partial charge in [-0.15, -0.1) is 0 Å². The highest BCUT2D eigenvalue weighted by Crippen LogP contribution is 2.34. The van der Waals surface area contributed by atoms with E-state index >= 15 is 0 Å². The Bertz CT molecular complexity index is 729. The number of benzene rings is 2. The summed E-state index contributed by atoms with van der Waals surface area (Å²) in [6, 6.07) is 15.7. The quantitative estimate of drug-likeness (QED) is 0.878. The van der Waals surface area contributed by atoms with Gasteiger partial charge in [0.25, 0.3) is 0 Å². The maximum absolute atomic E-state index is 12.2. The zero-order chi connectivity index (χ0) is 17.7. The molecule has 2 N–H and O–H groups in total. The topological polar surface area (TPSA) is 59.6 Å². The second kappa shape index (κ2) is 7.47. The molecule has 0 atom stereocenters. The minimum Gasteiger partial charge on any atom is -0.486 e. The number of carbonyl (C=O) groups excluding carboxylic acids is 1. The molecule has 0 unspecified atom stereocenters. The molecule has 2 aromatic carbocycles. The number of urea groups is 1. The fourth-order valence-corrected chi connectivity index (χ4v) is 2.80. The summed E-state index contributed by atoms with van der Waals surface area (Å²) in [5.41, 5.74) is 1.65. The second-order valence-electron chi connectivity index (χ2n) is 6.60. The van der Waals surface area contributed by atoms with Crippen LogP contribution in [0.1, 0.15) is 25.0 Å². The number of nitrogens with one attached hydrogen (secondary N) is 2. The molecule has 0 aromatic heterocycles. The molecule has 0 bridgehead atoms. The summed E-state index contributed by atoms with van der Waals surface area (Å²) in [6.45, 7) is 5.64. The Kier molecular flexibility index (Phi) is 5.12. The average Bonchev–Trinajstić information content (AvgIpc) is 2.62. The third-order valence-electron chi connectivity index (χ3n) is 4.23. The highest BCUT2D eigenvalue weighted by atomic mass is 16.6. The minimum absolute atomic E-state index is 0.184. The Hall–Kier alpha value is -2.69. The van der Waals surface area contributed by atoms with Gasteiger partial charge in [0.15, 0.2) is 11.5 Å². The molecule has 132 valence electrons. The van der Waals surface area contributed by atoms with Crippen LogP contribution in [0.2, 0.25) is 0 Å². The highest BCUT2D eigenvalue weighted by molar-refractivity contribution is 5.75. The van der Waals surface area contributed by atoms with Gasteiger partial charge in [0.1, 0.15) is 13.2 Å². The normalized spacial score (nSPS) is 13.2. The first kappa shape index (κ1) is 17.1. The van der Waals surface area contributed by atoms with E-state index in [-0.39, 0.29) is 6.03 Å². The summed E-state index contributed by atoms with van der Waals surface area (Å²) in [7, 11) is 0. The standard InChI is InChI=1S/C20H24N2O3/c1-20(2,16-8-9-17-18(14-16)25-13-12-24-17)22-19(23)21-11-10-15-6-4-3-5-7-15/h3-9,14H,10-13H2,1-2H3,(H2,21,22,23). The second-order valence-corrected chi connectivity index (χ2v) is 6.60. The number of rotatable bonds is 5. The van der Waals surface area contributed by atoms with Crippen LogP contribution in [-0.2, 0) is 12.0 Å². The molecule has 0 aliphatic carbocycles. The summed E-state index contributed by atoms with van der Waals surface area (Å²) < 4.78 is 11.2. The maximum atomic E-state index is 12.2. The number of carbonyl (C=O) groups is 1. The Labute approximate surface area is 148 Å². The van der Waals surface area contributed by atoms with Crippen LogP contribution in [0.25, 0.3) is 0 Å². The van der Waals surface area contributed by atoms with Crippen LogP contribution < -0.4 is 20.1 Å². The summed E-state index contributed by atoms with van der Waals surface area (Å²) in [5.74, 6) is 1.47. The zero-order valence-electron chi connectivity index (χ0n) is 14.7. The number of hydrogen-bond acceptors (Lipinski definition) is 3. The van der Waals surface area contributed by atoms with Crippen molar-refractivity contribution in [1.82, 2.24) is 10.6 Å². The molecule has 2 amide bonds. The number of fused-ring (bicyclic) bond motifs is 1. The Morgan fingerprint density at radius 2 is 1.76 bits per heavy atom. The van der Waals surface area contributed by atoms with Crippen molar-refractivity contribution in [3.8, 4) is 11.5 Å². The third-order valence-corrected chi connectivity index (χ3v) is 4.23. The lowest BCUT2D eigenvalue weighted by Gasteiger charge is -2.28. The van der Waals surface area contributed by atoms with E-state index in [9.17, 15) is 4.79 Å². The van der Waals surface area contributed by atoms with Crippen molar-refractivity contribution in [2.24, 2.45) is 0 Å². The van der Waals surface area contributed by atoms with Gasteiger partial charge in [-0.2, -0.15) is 0 Å². The summed E-state index contributed by atoms with van der Waals surface area (Å²) in [5, 5.41) is 5.93. The summed E-state index contributed by atoms with van der Waals surface area (Å²) in [6.07, 6.45) is 0.804. The van der Waals surface area contributed by atoms with E-state index in [1.807, 2.05) is 50.2 Å². The molecule has 5 heteroatoms. The Morgan fingerprint density at radius 3 is 2.52 bits per heavy atom. The van der Waals surface area contributed by atoms with Crippen LogP contribution in [0.3, 0.4) is 0 Å². The van der Waals surface area contributed by atoms with Gasteiger partial charge in [0.2, 0.25) is 0 Å². The van der Waals surface area contributed by atoms with E-state index < -0.39 is 5.54 Å². The molecule has 0 saturated carbocycles. The van der Waals surface area contributed by atoms with E-state index in [2.05, 4.69) is 22.8 Å². The van der Waals surface area contributed by atoms with Gasteiger partial charge < -0.3 is 20.1 Å². The first-order chi connectivity index (χ1) is 12.0. The monoisotopic (exact) mass is 340 g/mol. The van der Waals surface area contributed by atoms with Crippen LogP contribution in [0, 0.1) is 0 Å². The summed E-state index contributed by atoms with van der Waals surface area (Å²) >= 11 is 0. The molecular formula is C20H24N2O3. The van der Waals surface area contributed by atoms with E-state index in [1.165, 1.54) is 5.56 Å². The average molecular weight is 340 g/mol. The molecule has 25 heavy (non-hydrogen) atoms. The number of hydrogen-bond donors (Lipinski definition) is 2. The van der Waals surface area contributed by atoms with Crippen molar-refractivity contribution in [1.29, 1.82) is 0 Å². The van der Waals surface area contributed by atoms with Gasteiger partial charge in [-0.1, -0.05) is 36.4 Å². The van der Waals surface area contributed by atoms with Gasteiger partial charge in [-0.05, 0) is 43.5 Å². The fraction of sp³-hybridized carbons (Fsp3) is 0.350. The SMILES string of the molecule is CC(C)(NC(=O)NCCc1ccccc1)c1ccc2c(c1)OCCO2. The van der Waals surface area contributed by atoms with Crippen LogP contribution in [0.15, 0.2) is 48.5 Å². The molecule has 0 fully saturated rings. The first-order valence-electron chi connectivity index (χ1n) is 8.55. The van der Waals surface area contributed by atoms with Crippen molar-refractivity contribution in [2.45, 2.75) is 25.8 Å². The molecule has 5 nitrogen and oxygen atoms in total. The molecule has 1 aliphatic heterocycles. The molecule has 0 spiro atoms. The van der Waals surface area contributed by atoms with Gasteiger partial charge in [-0.3, -0.25) is 0 Å².